The van der Waals surface area contributed by atoms with Crippen LogP contribution in [0.2, 0.25) is 0 Å². The van der Waals surface area contributed by atoms with Crippen molar-refractivity contribution in [2.75, 3.05) is 0 Å². The van der Waals surface area contributed by atoms with Gasteiger partial charge in [0.05, 0.1) is 0 Å². The summed E-state index contributed by atoms with van der Waals surface area (Å²) in [6, 6.07) is 11.9. The first-order valence-electron chi connectivity index (χ1n) is 6.74. The molecule has 0 saturated heterocycles. The minimum absolute atomic E-state index is 0.173. The van der Waals surface area contributed by atoms with Gasteiger partial charge in [0, 0.05) is 11.3 Å². The molecule has 20 heavy (non-hydrogen) atoms. The predicted molar refractivity (Wildman–Crippen MR) is 80.5 cm³/mol. The van der Waals surface area contributed by atoms with Crippen LogP contribution in [0, 0.1) is 24.2 Å². The first-order chi connectivity index (χ1) is 9.51. The van der Waals surface area contributed by atoms with E-state index in [4.69, 9.17) is 5.26 Å². The first-order valence-corrected chi connectivity index (χ1v) is 6.74. The van der Waals surface area contributed by atoms with Crippen LogP contribution in [0.15, 0.2) is 35.1 Å². The zero-order valence-electron chi connectivity index (χ0n) is 12.0. The number of hydrogen-bond donors (Lipinski definition) is 1. The molecule has 2 rings (SSSR count). The maximum Gasteiger partial charge on any atom is 0.266 e. The summed E-state index contributed by atoms with van der Waals surface area (Å²) in [4.78, 5) is 14.5. The Morgan fingerprint density at radius 1 is 1.25 bits per heavy atom. The molecular formula is C17H18N2O. The Labute approximate surface area is 118 Å². The maximum absolute atomic E-state index is 11.8. The second kappa shape index (κ2) is 5.75. The second-order valence-electron chi connectivity index (χ2n) is 5.48. The van der Waals surface area contributed by atoms with Crippen LogP contribution in [0.5, 0.6) is 0 Å². The monoisotopic (exact) mass is 266 g/mol. The maximum atomic E-state index is 11.8. The molecule has 0 atom stereocenters. The number of aromatic nitrogens is 1. The summed E-state index contributed by atoms with van der Waals surface area (Å²) in [5.41, 5.74) is 3.48. The van der Waals surface area contributed by atoms with Gasteiger partial charge < -0.3 is 4.98 Å². The number of hydrogen-bond acceptors (Lipinski definition) is 2. The van der Waals surface area contributed by atoms with Crippen LogP contribution in [0.4, 0.5) is 0 Å². The average Bonchev–Trinajstić information content (AvgIpc) is 2.38. The second-order valence-corrected chi connectivity index (χ2v) is 5.48. The van der Waals surface area contributed by atoms with Gasteiger partial charge in [0.1, 0.15) is 11.6 Å². The van der Waals surface area contributed by atoms with Crippen molar-refractivity contribution in [2.24, 2.45) is 5.92 Å². The Bertz CT molecular complexity index is 703. The summed E-state index contributed by atoms with van der Waals surface area (Å²) >= 11 is 0. The van der Waals surface area contributed by atoms with Crippen molar-refractivity contribution in [3.8, 4) is 17.2 Å². The van der Waals surface area contributed by atoms with Gasteiger partial charge in [0.25, 0.3) is 5.56 Å². The van der Waals surface area contributed by atoms with E-state index in [2.05, 4.69) is 31.0 Å². The molecule has 3 heteroatoms. The number of nitriles is 1. The molecule has 0 unspecified atom stereocenters. The van der Waals surface area contributed by atoms with Crippen molar-refractivity contribution in [1.82, 2.24) is 4.98 Å². The zero-order valence-corrected chi connectivity index (χ0v) is 12.0. The Kier molecular flexibility index (Phi) is 4.05. The summed E-state index contributed by atoms with van der Waals surface area (Å²) in [5.74, 6) is 0.609. The quantitative estimate of drug-likeness (QED) is 0.925. The number of aryl methyl sites for hydroxylation is 1. The van der Waals surface area contributed by atoms with Crippen molar-refractivity contribution < 1.29 is 0 Å². The number of rotatable bonds is 3. The number of nitrogens with one attached hydrogen (secondary N) is 1. The number of benzene rings is 1. The van der Waals surface area contributed by atoms with Crippen molar-refractivity contribution in [2.45, 2.75) is 27.2 Å². The summed E-state index contributed by atoms with van der Waals surface area (Å²) < 4.78 is 0. The summed E-state index contributed by atoms with van der Waals surface area (Å²) in [6.45, 7) is 6.18. The van der Waals surface area contributed by atoms with E-state index in [0.717, 1.165) is 17.7 Å². The molecule has 0 aliphatic rings. The van der Waals surface area contributed by atoms with E-state index in [0.29, 0.717) is 11.5 Å². The first kappa shape index (κ1) is 14.1. The predicted octanol–water partition coefficient (Wildman–Crippen LogP) is 3.42. The standard InChI is InChI=1S/C17H18N2O/c1-11(2)8-13-4-6-14(7-5-13)15-9-12(3)19-17(20)16(15)10-18/h4-7,9,11H,8H2,1-3H3,(H,19,20). The molecule has 3 nitrogen and oxygen atoms in total. The van der Waals surface area contributed by atoms with Crippen molar-refractivity contribution >= 4 is 0 Å². The van der Waals surface area contributed by atoms with E-state index >= 15 is 0 Å². The van der Waals surface area contributed by atoms with Gasteiger partial charge in [-0.2, -0.15) is 5.26 Å². The molecule has 1 aromatic heterocycles. The van der Waals surface area contributed by atoms with Gasteiger partial charge in [-0.3, -0.25) is 4.79 Å². The fraction of sp³-hybridized carbons (Fsp3) is 0.294. The molecule has 0 radical (unpaired) electrons. The van der Waals surface area contributed by atoms with Crippen molar-refractivity contribution in [3.63, 3.8) is 0 Å². The third-order valence-corrected chi connectivity index (χ3v) is 3.19. The Morgan fingerprint density at radius 2 is 1.90 bits per heavy atom. The van der Waals surface area contributed by atoms with E-state index in [1.54, 1.807) is 0 Å². The molecule has 0 aliphatic carbocycles. The van der Waals surface area contributed by atoms with Crippen LogP contribution in [-0.4, -0.2) is 4.98 Å². The van der Waals surface area contributed by atoms with E-state index in [-0.39, 0.29) is 11.1 Å². The Morgan fingerprint density at radius 3 is 2.45 bits per heavy atom. The normalized spacial score (nSPS) is 10.6. The highest BCUT2D eigenvalue weighted by Crippen LogP contribution is 2.23. The minimum atomic E-state index is -0.325. The molecule has 102 valence electrons. The highest BCUT2D eigenvalue weighted by Gasteiger charge is 2.10. The van der Waals surface area contributed by atoms with Crippen LogP contribution in [0.25, 0.3) is 11.1 Å². The molecule has 0 fully saturated rings. The number of aromatic amines is 1. The van der Waals surface area contributed by atoms with Crippen molar-refractivity contribution in [3.05, 3.63) is 57.5 Å². The summed E-state index contributed by atoms with van der Waals surface area (Å²) in [6.07, 6.45) is 1.03. The van der Waals surface area contributed by atoms with Crippen LogP contribution >= 0.6 is 0 Å². The largest absolute Gasteiger partial charge is 0.325 e. The average molecular weight is 266 g/mol. The topological polar surface area (TPSA) is 56.6 Å². The van der Waals surface area contributed by atoms with E-state index in [1.165, 1.54) is 5.56 Å². The zero-order chi connectivity index (χ0) is 14.7. The number of pyridine rings is 1. The van der Waals surface area contributed by atoms with E-state index < -0.39 is 0 Å². The SMILES string of the molecule is Cc1cc(-c2ccc(CC(C)C)cc2)c(C#N)c(=O)[nH]1. The van der Waals surface area contributed by atoms with Crippen LogP contribution in [-0.2, 0) is 6.42 Å². The van der Waals surface area contributed by atoms with Gasteiger partial charge in [-0.25, -0.2) is 0 Å². The van der Waals surface area contributed by atoms with Gasteiger partial charge in [-0.15, -0.1) is 0 Å². The summed E-state index contributed by atoms with van der Waals surface area (Å²) in [5, 5.41) is 9.16. The lowest BCUT2D eigenvalue weighted by atomic mass is 9.97. The van der Waals surface area contributed by atoms with Gasteiger partial charge in [0.2, 0.25) is 0 Å². The highest BCUT2D eigenvalue weighted by molar-refractivity contribution is 5.70. The van der Waals surface area contributed by atoms with Gasteiger partial charge in [-0.1, -0.05) is 38.1 Å². The fourth-order valence-corrected chi connectivity index (χ4v) is 2.32. The molecule has 1 aromatic carbocycles. The molecular weight excluding hydrogens is 248 g/mol. The Balaban J connectivity index is 2.47. The molecule has 0 aliphatic heterocycles. The van der Waals surface area contributed by atoms with Gasteiger partial charge in [-0.05, 0) is 36.5 Å². The van der Waals surface area contributed by atoms with Crippen LogP contribution in [0.1, 0.15) is 30.7 Å². The third-order valence-electron chi connectivity index (χ3n) is 3.19. The Hall–Kier alpha value is -2.34. The third kappa shape index (κ3) is 2.97. The molecule has 0 spiro atoms. The summed E-state index contributed by atoms with van der Waals surface area (Å²) in [7, 11) is 0. The molecule has 1 N–H and O–H groups in total. The smallest absolute Gasteiger partial charge is 0.266 e. The molecule has 0 saturated carbocycles. The van der Waals surface area contributed by atoms with E-state index in [1.807, 2.05) is 31.2 Å². The molecule has 0 amide bonds. The minimum Gasteiger partial charge on any atom is -0.325 e. The van der Waals surface area contributed by atoms with Crippen molar-refractivity contribution in [1.29, 1.82) is 5.26 Å². The van der Waals surface area contributed by atoms with Gasteiger partial charge >= 0.3 is 0 Å². The fourth-order valence-electron chi connectivity index (χ4n) is 2.32. The number of nitrogens with zero attached hydrogens (tertiary/aromatic N) is 1. The highest BCUT2D eigenvalue weighted by atomic mass is 16.1. The van der Waals surface area contributed by atoms with Crippen LogP contribution < -0.4 is 5.56 Å². The van der Waals surface area contributed by atoms with E-state index in [9.17, 15) is 4.79 Å². The van der Waals surface area contributed by atoms with Gasteiger partial charge in [0.15, 0.2) is 0 Å². The lowest BCUT2D eigenvalue weighted by molar-refractivity contribution is 0.647. The number of H-pyrrole nitrogens is 1. The lowest BCUT2D eigenvalue weighted by Crippen LogP contribution is -2.12. The molecule has 1 heterocycles. The molecule has 0 bridgehead atoms. The van der Waals surface area contributed by atoms with Crippen LogP contribution in [0.3, 0.4) is 0 Å². The molecule has 2 aromatic rings. The lowest BCUT2D eigenvalue weighted by Gasteiger charge is -2.08.